The molecule has 4 rings (SSSR count). The summed E-state index contributed by atoms with van der Waals surface area (Å²) in [6.07, 6.45) is 5.36. The van der Waals surface area contributed by atoms with Crippen molar-refractivity contribution < 1.29 is 4.79 Å². The van der Waals surface area contributed by atoms with Crippen molar-refractivity contribution in [1.82, 2.24) is 20.0 Å². The third-order valence-corrected chi connectivity index (χ3v) is 5.32. The number of carbonyl (C=O) groups excluding carboxylic acids is 1. The van der Waals surface area contributed by atoms with Crippen LogP contribution in [0.2, 0.25) is 0 Å². The third kappa shape index (κ3) is 5.55. The molecule has 1 unspecified atom stereocenters. The molecule has 0 aliphatic carbocycles. The lowest BCUT2D eigenvalue weighted by Gasteiger charge is -2.24. The van der Waals surface area contributed by atoms with Gasteiger partial charge in [0.05, 0.1) is 12.2 Å². The van der Waals surface area contributed by atoms with Crippen LogP contribution in [-0.2, 0) is 11.2 Å². The van der Waals surface area contributed by atoms with E-state index in [2.05, 4.69) is 45.6 Å². The van der Waals surface area contributed by atoms with Gasteiger partial charge in [0.25, 0.3) is 0 Å². The van der Waals surface area contributed by atoms with E-state index in [0.29, 0.717) is 13.0 Å². The molecular weight excluding hydrogens is 503 g/mol. The maximum Gasteiger partial charge on any atom is 0.225 e. The van der Waals surface area contributed by atoms with Gasteiger partial charge in [0, 0.05) is 49.9 Å². The second-order valence-corrected chi connectivity index (χ2v) is 7.59. The molecule has 1 aliphatic rings. The number of hydrogen-bond donors (Lipinski definition) is 3. The van der Waals surface area contributed by atoms with Crippen molar-refractivity contribution >= 4 is 47.2 Å². The number of nitrogens with one attached hydrogen (secondary N) is 3. The zero-order chi connectivity index (χ0) is 20.9. The van der Waals surface area contributed by atoms with Gasteiger partial charge in [-0.3, -0.25) is 9.79 Å². The third-order valence-electron chi connectivity index (χ3n) is 5.32. The Balaban J connectivity index is 0.00000272. The van der Waals surface area contributed by atoms with Gasteiger partial charge < -0.3 is 20.4 Å². The van der Waals surface area contributed by atoms with E-state index in [4.69, 9.17) is 9.98 Å². The van der Waals surface area contributed by atoms with Crippen molar-refractivity contribution in [2.75, 3.05) is 25.0 Å². The van der Waals surface area contributed by atoms with Crippen molar-refractivity contribution in [2.45, 2.75) is 32.6 Å². The molecule has 3 aromatic rings. The molecule has 1 aliphatic heterocycles. The van der Waals surface area contributed by atoms with Gasteiger partial charge in [-0.15, -0.1) is 24.0 Å². The van der Waals surface area contributed by atoms with Crippen LogP contribution in [-0.4, -0.2) is 40.9 Å². The average Bonchev–Trinajstić information content (AvgIpc) is 3.16. The minimum absolute atomic E-state index is 0. The first-order valence-electron chi connectivity index (χ1n) is 10.5. The van der Waals surface area contributed by atoms with E-state index in [1.54, 1.807) is 0 Å². The number of anilines is 1. The number of pyridine rings is 1. The molecule has 164 valence electrons. The van der Waals surface area contributed by atoms with Gasteiger partial charge in [-0.1, -0.05) is 24.3 Å². The average molecular weight is 532 g/mol. The number of benzene rings is 1. The highest BCUT2D eigenvalue weighted by Crippen LogP contribution is 2.31. The van der Waals surface area contributed by atoms with E-state index in [0.717, 1.165) is 48.1 Å². The van der Waals surface area contributed by atoms with Crippen molar-refractivity contribution in [2.24, 2.45) is 4.99 Å². The van der Waals surface area contributed by atoms with Crippen molar-refractivity contribution in [3.63, 3.8) is 0 Å². The van der Waals surface area contributed by atoms with Crippen LogP contribution in [0.3, 0.4) is 0 Å². The first kappa shape index (κ1) is 23.1. The van der Waals surface area contributed by atoms with E-state index in [9.17, 15) is 4.79 Å². The van der Waals surface area contributed by atoms with Crippen molar-refractivity contribution in [3.8, 4) is 0 Å². The topological polar surface area (TPSA) is 82.8 Å². The Morgan fingerprint density at radius 2 is 2.10 bits per heavy atom. The molecule has 7 nitrogen and oxygen atoms in total. The minimum Gasteiger partial charge on any atom is -0.357 e. The van der Waals surface area contributed by atoms with Crippen LogP contribution in [0.25, 0.3) is 5.65 Å². The van der Waals surface area contributed by atoms with Gasteiger partial charge in [0.1, 0.15) is 5.65 Å². The monoisotopic (exact) mass is 532 g/mol. The van der Waals surface area contributed by atoms with Crippen LogP contribution in [0.5, 0.6) is 0 Å². The molecule has 0 fully saturated rings. The first-order valence-corrected chi connectivity index (χ1v) is 10.5. The maximum atomic E-state index is 12.0. The lowest BCUT2D eigenvalue weighted by atomic mass is 9.91. The molecular formula is C23H29IN6O. The summed E-state index contributed by atoms with van der Waals surface area (Å²) in [5.41, 5.74) is 5.27. The fourth-order valence-electron chi connectivity index (χ4n) is 3.84. The number of hydrogen-bond acceptors (Lipinski definition) is 3. The van der Waals surface area contributed by atoms with Crippen LogP contribution in [0.15, 0.2) is 53.8 Å². The molecule has 8 heteroatoms. The summed E-state index contributed by atoms with van der Waals surface area (Å²) in [4.78, 5) is 21.5. The number of fused-ring (bicyclic) bond motifs is 2. The molecule has 2 aromatic heterocycles. The predicted molar refractivity (Wildman–Crippen MR) is 135 cm³/mol. The molecule has 31 heavy (non-hydrogen) atoms. The fourth-order valence-corrected chi connectivity index (χ4v) is 3.84. The quantitative estimate of drug-likeness (QED) is 0.258. The number of carbonyl (C=O) groups is 1. The number of nitrogens with zero attached hydrogens (tertiary/aromatic N) is 3. The summed E-state index contributed by atoms with van der Waals surface area (Å²) >= 11 is 0. The number of halogens is 1. The van der Waals surface area contributed by atoms with Gasteiger partial charge >= 0.3 is 0 Å². The fraction of sp³-hybridized carbons (Fsp3) is 0.348. The van der Waals surface area contributed by atoms with E-state index in [1.807, 2.05) is 37.4 Å². The van der Waals surface area contributed by atoms with Gasteiger partial charge in [-0.25, -0.2) is 4.98 Å². The molecule has 0 saturated heterocycles. The summed E-state index contributed by atoms with van der Waals surface area (Å²) in [5.74, 6) is 0.904. The summed E-state index contributed by atoms with van der Waals surface area (Å²) < 4.78 is 2.07. The predicted octanol–water partition coefficient (Wildman–Crippen LogP) is 3.48. The molecule has 0 spiro atoms. The number of para-hydroxylation sites is 1. The molecule has 1 atom stereocenters. The molecule has 0 bridgehead atoms. The highest BCUT2D eigenvalue weighted by molar-refractivity contribution is 14.0. The molecule has 1 aromatic carbocycles. The number of rotatable bonds is 6. The number of amides is 1. The smallest absolute Gasteiger partial charge is 0.225 e. The molecule has 3 heterocycles. The van der Waals surface area contributed by atoms with E-state index < -0.39 is 0 Å². The van der Waals surface area contributed by atoms with Gasteiger partial charge in [-0.05, 0) is 37.1 Å². The standard InChI is InChI=1S/C23H28N6O.HI/c1-3-24-23(25-11-10-18-15-29-12-6-7-16(2)22(29)27-18)26-14-17-13-21(30)28-20-9-5-4-8-19(17)20;/h4-9,12,15,17H,3,10-11,13-14H2,1-2H3,(H,28,30)(H2,24,25,26);1H. The van der Waals surface area contributed by atoms with Crippen LogP contribution >= 0.6 is 24.0 Å². The molecule has 0 saturated carbocycles. The Morgan fingerprint density at radius 3 is 2.90 bits per heavy atom. The highest BCUT2D eigenvalue weighted by atomic mass is 127. The normalized spacial score (nSPS) is 15.7. The Hall–Kier alpha value is -2.62. The number of imidazole rings is 1. The minimum atomic E-state index is 0. The first-order chi connectivity index (χ1) is 14.6. The van der Waals surface area contributed by atoms with Gasteiger partial charge in [0.15, 0.2) is 5.96 Å². The Bertz CT molecular complexity index is 1080. The van der Waals surface area contributed by atoms with E-state index in [-0.39, 0.29) is 35.8 Å². The molecule has 1 amide bonds. The lowest BCUT2D eigenvalue weighted by Crippen LogP contribution is -2.39. The van der Waals surface area contributed by atoms with Crippen LogP contribution in [0.4, 0.5) is 5.69 Å². The SMILES string of the molecule is CCNC(=NCC1CC(=O)Nc2ccccc21)NCCc1cn2cccc(C)c2n1.I. The Morgan fingerprint density at radius 1 is 1.26 bits per heavy atom. The zero-order valence-corrected chi connectivity index (χ0v) is 20.2. The van der Waals surface area contributed by atoms with Gasteiger partial charge in [0.2, 0.25) is 5.91 Å². The van der Waals surface area contributed by atoms with Crippen LogP contribution in [0, 0.1) is 6.92 Å². The summed E-state index contributed by atoms with van der Waals surface area (Å²) in [7, 11) is 0. The Labute approximate surface area is 199 Å². The maximum absolute atomic E-state index is 12.0. The van der Waals surface area contributed by atoms with E-state index in [1.165, 1.54) is 5.56 Å². The van der Waals surface area contributed by atoms with Crippen molar-refractivity contribution in [1.29, 1.82) is 0 Å². The second kappa shape index (κ2) is 10.6. The zero-order valence-electron chi connectivity index (χ0n) is 17.9. The summed E-state index contributed by atoms with van der Waals surface area (Å²) in [5, 5.41) is 9.63. The number of aromatic nitrogens is 2. The summed E-state index contributed by atoms with van der Waals surface area (Å²) in [6.45, 7) is 6.19. The lowest BCUT2D eigenvalue weighted by molar-refractivity contribution is -0.116. The summed E-state index contributed by atoms with van der Waals surface area (Å²) in [6, 6.07) is 12.1. The highest BCUT2D eigenvalue weighted by Gasteiger charge is 2.24. The van der Waals surface area contributed by atoms with Crippen LogP contribution in [0.1, 0.15) is 36.1 Å². The number of aliphatic imine (C=N–C) groups is 1. The Kier molecular flexibility index (Phi) is 7.89. The second-order valence-electron chi connectivity index (χ2n) is 7.59. The largest absolute Gasteiger partial charge is 0.357 e. The van der Waals surface area contributed by atoms with Gasteiger partial charge in [-0.2, -0.15) is 0 Å². The number of aryl methyl sites for hydroxylation is 1. The van der Waals surface area contributed by atoms with E-state index >= 15 is 0 Å². The molecule has 3 N–H and O–H groups in total. The molecule has 0 radical (unpaired) electrons. The number of guanidine groups is 1. The van der Waals surface area contributed by atoms with Crippen molar-refractivity contribution in [3.05, 3.63) is 65.6 Å². The van der Waals surface area contributed by atoms with Crippen LogP contribution < -0.4 is 16.0 Å².